The van der Waals surface area contributed by atoms with Crippen molar-refractivity contribution in [2.75, 3.05) is 31.2 Å². The molecular formula is C12H12N4O6. The summed E-state index contributed by atoms with van der Waals surface area (Å²) in [5.74, 6) is -1.08. The summed E-state index contributed by atoms with van der Waals surface area (Å²) >= 11 is 0. The van der Waals surface area contributed by atoms with E-state index in [-0.39, 0.29) is 11.5 Å². The van der Waals surface area contributed by atoms with E-state index in [1.54, 1.807) is 0 Å². The zero-order valence-corrected chi connectivity index (χ0v) is 11.3. The molecule has 1 aliphatic heterocycles. The van der Waals surface area contributed by atoms with E-state index in [4.69, 9.17) is 9.26 Å². The fourth-order valence-electron chi connectivity index (χ4n) is 2.09. The third kappa shape index (κ3) is 2.51. The number of morpholine rings is 1. The number of phenols is 2. The number of anilines is 1. The fourth-order valence-corrected chi connectivity index (χ4v) is 2.09. The van der Waals surface area contributed by atoms with Gasteiger partial charge < -0.3 is 24.4 Å². The van der Waals surface area contributed by atoms with Gasteiger partial charge in [0.15, 0.2) is 5.75 Å². The van der Waals surface area contributed by atoms with Gasteiger partial charge in [-0.05, 0) is 11.2 Å². The molecule has 0 bridgehead atoms. The minimum Gasteiger partial charge on any atom is -0.504 e. The Labute approximate surface area is 123 Å². The van der Waals surface area contributed by atoms with Gasteiger partial charge in [0.25, 0.3) is 11.8 Å². The molecule has 1 aromatic heterocycles. The zero-order valence-electron chi connectivity index (χ0n) is 11.3. The monoisotopic (exact) mass is 308 g/mol. The summed E-state index contributed by atoms with van der Waals surface area (Å²) in [4.78, 5) is 16.1. The number of nitrogens with zero attached hydrogens (tertiary/aromatic N) is 4. The average molecular weight is 308 g/mol. The largest absolute Gasteiger partial charge is 0.504 e. The van der Waals surface area contributed by atoms with Gasteiger partial charge in [-0.3, -0.25) is 10.1 Å². The molecule has 0 atom stereocenters. The molecule has 10 heteroatoms. The van der Waals surface area contributed by atoms with Crippen molar-refractivity contribution in [3.8, 4) is 23.0 Å². The lowest BCUT2D eigenvalue weighted by Gasteiger charge is -2.24. The maximum Gasteiger partial charge on any atom is 0.315 e. The van der Waals surface area contributed by atoms with E-state index in [1.165, 1.54) is 0 Å². The van der Waals surface area contributed by atoms with Crippen molar-refractivity contribution in [3.05, 3.63) is 22.2 Å². The lowest BCUT2D eigenvalue weighted by atomic mass is 10.1. The Hall–Kier alpha value is -2.88. The molecule has 116 valence electrons. The number of aromatic hydroxyl groups is 2. The summed E-state index contributed by atoms with van der Waals surface area (Å²) in [7, 11) is 0. The summed E-state index contributed by atoms with van der Waals surface area (Å²) in [6.45, 7) is 2.32. The highest BCUT2D eigenvalue weighted by molar-refractivity contribution is 5.67. The second-order valence-electron chi connectivity index (χ2n) is 4.62. The molecule has 1 aromatic carbocycles. The van der Waals surface area contributed by atoms with E-state index >= 15 is 0 Å². The highest BCUT2D eigenvalue weighted by atomic mass is 16.6. The minimum atomic E-state index is -0.808. The summed E-state index contributed by atoms with van der Waals surface area (Å²) < 4.78 is 10.3. The van der Waals surface area contributed by atoms with Crippen LogP contribution in [-0.4, -0.2) is 51.6 Å². The lowest BCUT2D eigenvalue weighted by Crippen LogP contribution is -2.36. The quantitative estimate of drug-likeness (QED) is 0.481. The molecule has 10 nitrogen and oxygen atoms in total. The second-order valence-corrected chi connectivity index (χ2v) is 4.62. The molecule has 0 amide bonds. The first kappa shape index (κ1) is 14.1. The molecule has 0 aliphatic carbocycles. The molecule has 0 spiro atoms. The fraction of sp³-hybridized carbons (Fsp3) is 0.333. The van der Waals surface area contributed by atoms with Gasteiger partial charge in [0, 0.05) is 19.2 Å². The van der Waals surface area contributed by atoms with Crippen LogP contribution < -0.4 is 4.90 Å². The van der Waals surface area contributed by atoms with Crippen molar-refractivity contribution in [1.29, 1.82) is 0 Å². The van der Waals surface area contributed by atoms with Crippen LogP contribution in [0.3, 0.4) is 0 Å². The van der Waals surface area contributed by atoms with Crippen molar-refractivity contribution < 1.29 is 24.4 Å². The van der Waals surface area contributed by atoms with Gasteiger partial charge in [0.05, 0.1) is 23.7 Å². The average Bonchev–Trinajstić information content (AvgIpc) is 3.00. The maximum absolute atomic E-state index is 10.9. The summed E-state index contributed by atoms with van der Waals surface area (Å²) in [6, 6.07) is 2.19. The topological polar surface area (TPSA) is 135 Å². The van der Waals surface area contributed by atoms with Crippen LogP contribution in [0.5, 0.6) is 11.5 Å². The molecule has 3 rings (SSSR count). The second kappa shape index (κ2) is 5.48. The first-order chi connectivity index (χ1) is 10.6. The van der Waals surface area contributed by atoms with Crippen molar-refractivity contribution in [1.82, 2.24) is 10.1 Å². The Morgan fingerprint density at radius 1 is 1.27 bits per heavy atom. The molecular weight excluding hydrogens is 296 g/mol. The van der Waals surface area contributed by atoms with E-state index in [0.717, 1.165) is 12.1 Å². The Kier molecular flexibility index (Phi) is 3.51. The van der Waals surface area contributed by atoms with Crippen LogP contribution in [0.15, 0.2) is 16.7 Å². The van der Waals surface area contributed by atoms with Crippen molar-refractivity contribution in [3.63, 3.8) is 0 Å². The number of rotatable bonds is 3. The highest BCUT2D eigenvalue weighted by Gasteiger charge is 2.23. The van der Waals surface area contributed by atoms with Crippen molar-refractivity contribution in [2.45, 2.75) is 0 Å². The maximum atomic E-state index is 10.9. The van der Waals surface area contributed by atoms with Gasteiger partial charge in [0.2, 0.25) is 5.75 Å². The van der Waals surface area contributed by atoms with Gasteiger partial charge in [-0.25, -0.2) is 0 Å². The Bertz CT molecular complexity index is 710. The number of ether oxygens (including phenoxy) is 1. The number of aromatic nitrogens is 2. The molecule has 2 aromatic rings. The Balaban J connectivity index is 1.94. The Morgan fingerprint density at radius 2 is 2.00 bits per heavy atom. The molecule has 2 N–H and O–H groups in total. The number of nitro benzene ring substituents is 1. The molecule has 22 heavy (non-hydrogen) atoms. The number of nitro groups is 1. The van der Waals surface area contributed by atoms with Gasteiger partial charge >= 0.3 is 5.69 Å². The van der Waals surface area contributed by atoms with Gasteiger partial charge in [0.1, 0.15) is 0 Å². The van der Waals surface area contributed by atoms with E-state index in [1.807, 2.05) is 4.90 Å². The molecule has 1 saturated heterocycles. The van der Waals surface area contributed by atoms with Crippen LogP contribution in [0.2, 0.25) is 0 Å². The first-order valence-corrected chi connectivity index (χ1v) is 6.43. The van der Waals surface area contributed by atoms with E-state index in [2.05, 4.69) is 10.1 Å². The summed E-state index contributed by atoms with van der Waals surface area (Å²) in [5.41, 5.74) is -0.491. The number of phenolic OH excluding ortho intramolecular Hbond substituents is 2. The predicted molar refractivity (Wildman–Crippen MR) is 72.8 cm³/mol. The molecule has 0 unspecified atom stereocenters. The number of hydrogen-bond acceptors (Lipinski definition) is 9. The van der Waals surface area contributed by atoms with Crippen LogP contribution in [0.1, 0.15) is 0 Å². The molecule has 2 heterocycles. The van der Waals surface area contributed by atoms with E-state index in [9.17, 15) is 20.3 Å². The molecule has 0 saturated carbocycles. The number of hydrogen-bond donors (Lipinski definition) is 2. The molecule has 1 fully saturated rings. The standard InChI is InChI=1S/C12H12N4O6/c17-9-6-7(5-8(10(9)18)16(19)20)11-13-12(14-22-11)15-1-3-21-4-2-15/h5-6,17-18H,1-4H2. The van der Waals surface area contributed by atoms with Crippen LogP contribution >= 0.6 is 0 Å². The third-order valence-electron chi connectivity index (χ3n) is 3.22. The van der Waals surface area contributed by atoms with Crippen LogP contribution in [0.4, 0.5) is 11.6 Å². The SMILES string of the molecule is O=[N+]([O-])c1cc(-c2nc(N3CCOCC3)no2)cc(O)c1O. The first-order valence-electron chi connectivity index (χ1n) is 6.43. The van der Waals surface area contributed by atoms with Crippen LogP contribution in [-0.2, 0) is 4.74 Å². The molecule has 0 radical (unpaired) electrons. The van der Waals surface area contributed by atoms with Crippen LogP contribution in [0, 0.1) is 10.1 Å². The van der Waals surface area contributed by atoms with Crippen molar-refractivity contribution in [2.24, 2.45) is 0 Å². The van der Waals surface area contributed by atoms with Gasteiger partial charge in [-0.2, -0.15) is 4.98 Å². The van der Waals surface area contributed by atoms with E-state index < -0.39 is 22.1 Å². The predicted octanol–water partition coefficient (Wildman–Crippen LogP) is 0.893. The normalized spacial score (nSPS) is 15.0. The van der Waals surface area contributed by atoms with Crippen LogP contribution in [0.25, 0.3) is 11.5 Å². The summed E-state index contributed by atoms with van der Waals surface area (Å²) in [6.07, 6.45) is 0. The van der Waals surface area contributed by atoms with Gasteiger partial charge in [-0.15, -0.1) is 0 Å². The van der Waals surface area contributed by atoms with E-state index in [0.29, 0.717) is 32.3 Å². The highest BCUT2D eigenvalue weighted by Crippen LogP contribution is 2.39. The summed E-state index contributed by atoms with van der Waals surface area (Å²) in [5, 5.41) is 33.7. The third-order valence-corrected chi connectivity index (χ3v) is 3.22. The van der Waals surface area contributed by atoms with Crippen molar-refractivity contribution >= 4 is 11.6 Å². The number of benzene rings is 1. The smallest absolute Gasteiger partial charge is 0.315 e. The minimum absolute atomic E-state index is 0.0138. The molecule has 1 aliphatic rings. The lowest BCUT2D eigenvalue weighted by molar-refractivity contribution is -0.385. The van der Waals surface area contributed by atoms with Gasteiger partial charge in [-0.1, -0.05) is 0 Å². The Morgan fingerprint density at radius 3 is 2.68 bits per heavy atom. The zero-order chi connectivity index (χ0) is 15.7.